The number of hydrogen-bond donors (Lipinski definition) is 1. The Morgan fingerprint density at radius 3 is 2.85 bits per heavy atom. The van der Waals surface area contributed by atoms with Crippen LogP contribution in [0.15, 0.2) is 18.5 Å². The van der Waals surface area contributed by atoms with Gasteiger partial charge in [-0.15, -0.1) is 0 Å². The minimum atomic E-state index is 0.504. The van der Waals surface area contributed by atoms with Crippen LogP contribution in [0, 0.1) is 0 Å². The minimum Gasteiger partial charge on any atom is -0.486 e. The zero-order valence-electron chi connectivity index (χ0n) is 10.8. The molecule has 1 fully saturated rings. The molecule has 1 aliphatic heterocycles. The normalized spacial score (nSPS) is 17.2. The third kappa shape index (κ3) is 1.81. The van der Waals surface area contributed by atoms with Gasteiger partial charge in [-0.1, -0.05) is 11.6 Å². The maximum absolute atomic E-state index is 6.25. The molecule has 2 N–H and O–H groups in total. The number of nitrogens with two attached hydrogens (primary N) is 1. The molecular formula is C14H14ClN3O2. The lowest BCUT2D eigenvalue weighted by molar-refractivity contribution is 0.172. The van der Waals surface area contributed by atoms with Crippen LogP contribution in [0.3, 0.4) is 0 Å². The van der Waals surface area contributed by atoms with Gasteiger partial charge in [0.2, 0.25) is 0 Å². The van der Waals surface area contributed by atoms with E-state index < -0.39 is 0 Å². The van der Waals surface area contributed by atoms with Crippen molar-refractivity contribution in [3.63, 3.8) is 0 Å². The van der Waals surface area contributed by atoms with Crippen molar-refractivity contribution in [3.8, 4) is 22.8 Å². The van der Waals surface area contributed by atoms with Crippen molar-refractivity contribution in [1.82, 2.24) is 9.55 Å². The highest BCUT2D eigenvalue weighted by molar-refractivity contribution is 6.32. The van der Waals surface area contributed by atoms with E-state index in [2.05, 4.69) is 4.98 Å². The zero-order chi connectivity index (χ0) is 13.7. The monoisotopic (exact) mass is 291 g/mol. The molecule has 4 rings (SSSR count). The smallest absolute Gasteiger partial charge is 0.179 e. The van der Waals surface area contributed by atoms with E-state index in [0.717, 1.165) is 11.3 Å². The lowest BCUT2D eigenvalue weighted by Gasteiger charge is -2.20. The number of aromatic nitrogens is 2. The highest BCUT2D eigenvalue weighted by Gasteiger charge is 2.27. The highest BCUT2D eigenvalue weighted by Crippen LogP contribution is 2.43. The fourth-order valence-electron chi connectivity index (χ4n) is 2.48. The predicted octanol–water partition coefficient (Wildman–Crippen LogP) is 2.89. The number of fused-ring (bicyclic) bond motifs is 1. The summed E-state index contributed by atoms with van der Waals surface area (Å²) in [6, 6.07) is 4.21. The van der Waals surface area contributed by atoms with Crippen LogP contribution in [-0.4, -0.2) is 22.8 Å². The van der Waals surface area contributed by atoms with Crippen LogP contribution in [-0.2, 0) is 0 Å². The number of nitrogen functional groups attached to an aromatic ring is 1. The Bertz CT molecular complexity index is 679. The van der Waals surface area contributed by atoms with Gasteiger partial charge in [-0.3, -0.25) is 0 Å². The summed E-state index contributed by atoms with van der Waals surface area (Å²) in [6.45, 7) is 1.04. The van der Waals surface area contributed by atoms with E-state index in [1.807, 2.05) is 16.7 Å². The van der Waals surface area contributed by atoms with Crippen LogP contribution < -0.4 is 15.2 Å². The van der Waals surface area contributed by atoms with E-state index in [-0.39, 0.29) is 0 Å². The minimum absolute atomic E-state index is 0.504. The van der Waals surface area contributed by atoms with E-state index in [1.165, 1.54) is 12.8 Å². The van der Waals surface area contributed by atoms with Crippen molar-refractivity contribution in [3.05, 3.63) is 23.5 Å². The third-order valence-electron chi connectivity index (χ3n) is 3.64. The Kier molecular flexibility index (Phi) is 2.57. The molecular weight excluding hydrogens is 278 g/mol. The van der Waals surface area contributed by atoms with Gasteiger partial charge in [-0.25, -0.2) is 4.98 Å². The first-order valence-corrected chi connectivity index (χ1v) is 7.03. The van der Waals surface area contributed by atoms with E-state index >= 15 is 0 Å². The Labute approximate surface area is 121 Å². The fourth-order valence-corrected chi connectivity index (χ4v) is 2.75. The van der Waals surface area contributed by atoms with Crippen LogP contribution in [0.4, 0.5) is 5.82 Å². The van der Waals surface area contributed by atoms with Crippen molar-refractivity contribution >= 4 is 17.4 Å². The maximum atomic E-state index is 6.25. The second-order valence-electron chi connectivity index (χ2n) is 5.10. The van der Waals surface area contributed by atoms with Crippen LogP contribution in [0.2, 0.25) is 5.02 Å². The van der Waals surface area contributed by atoms with Crippen LogP contribution in [0.5, 0.6) is 11.5 Å². The molecule has 0 spiro atoms. The van der Waals surface area contributed by atoms with E-state index in [4.69, 9.17) is 26.8 Å². The predicted molar refractivity (Wildman–Crippen MR) is 76.3 cm³/mol. The first-order valence-electron chi connectivity index (χ1n) is 6.66. The van der Waals surface area contributed by atoms with Gasteiger partial charge in [-0.05, 0) is 25.0 Å². The molecule has 0 unspecified atom stereocenters. The summed E-state index contributed by atoms with van der Waals surface area (Å²) in [5.41, 5.74) is 7.79. The fraction of sp³-hybridized carbons (Fsp3) is 0.357. The summed E-state index contributed by atoms with van der Waals surface area (Å²) in [6.07, 6.45) is 4.14. The molecule has 20 heavy (non-hydrogen) atoms. The Balaban J connectivity index is 1.80. The molecule has 104 valence electrons. The molecule has 1 aromatic heterocycles. The lowest BCUT2D eigenvalue weighted by Crippen LogP contribution is -2.15. The van der Waals surface area contributed by atoms with Gasteiger partial charge in [0.05, 0.1) is 11.3 Å². The van der Waals surface area contributed by atoms with Gasteiger partial charge in [0, 0.05) is 11.6 Å². The maximum Gasteiger partial charge on any atom is 0.179 e. The van der Waals surface area contributed by atoms with Crippen molar-refractivity contribution < 1.29 is 9.47 Å². The third-order valence-corrected chi connectivity index (χ3v) is 3.92. The number of anilines is 1. The van der Waals surface area contributed by atoms with Gasteiger partial charge in [0.15, 0.2) is 11.5 Å². The molecule has 0 saturated heterocycles. The van der Waals surface area contributed by atoms with Crippen molar-refractivity contribution in [2.45, 2.75) is 18.9 Å². The largest absolute Gasteiger partial charge is 0.486 e. The standard InChI is InChI=1S/C14H14ClN3O2/c15-10-5-8(6-11-13(10)20-4-3-19-11)12-14(16)18(7-17-12)9-1-2-9/h5-7,9H,1-4,16H2. The zero-order valence-corrected chi connectivity index (χ0v) is 11.6. The lowest BCUT2D eigenvalue weighted by atomic mass is 10.1. The molecule has 2 heterocycles. The molecule has 0 atom stereocenters. The Morgan fingerprint density at radius 1 is 1.25 bits per heavy atom. The molecule has 0 bridgehead atoms. The van der Waals surface area contributed by atoms with E-state index in [0.29, 0.717) is 41.6 Å². The number of hydrogen-bond acceptors (Lipinski definition) is 4. The molecule has 0 amide bonds. The van der Waals surface area contributed by atoms with Crippen LogP contribution in [0.25, 0.3) is 11.3 Å². The van der Waals surface area contributed by atoms with Gasteiger partial charge < -0.3 is 19.8 Å². The van der Waals surface area contributed by atoms with Gasteiger partial charge in [0.25, 0.3) is 0 Å². The Hall–Kier alpha value is -1.88. The van der Waals surface area contributed by atoms with Gasteiger partial charge >= 0.3 is 0 Å². The number of nitrogens with zero attached hydrogens (tertiary/aromatic N) is 2. The topological polar surface area (TPSA) is 62.3 Å². The molecule has 2 aliphatic rings. The second kappa shape index (κ2) is 4.31. The quantitative estimate of drug-likeness (QED) is 0.924. The number of benzene rings is 1. The molecule has 2 aromatic rings. The van der Waals surface area contributed by atoms with Crippen LogP contribution in [0.1, 0.15) is 18.9 Å². The molecule has 1 saturated carbocycles. The summed E-state index contributed by atoms with van der Waals surface area (Å²) in [5, 5.41) is 0.526. The molecule has 6 heteroatoms. The van der Waals surface area contributed by atoms with Crippen molar-refractivity contribution in [1.29, 1.82) is 0 Å². The van der Waals surface area contributed by atoms with Crippen LogP contribution >= 0.6 is 11.6 Å². The summed E-state index contributed by atoms with van der Waals surface area (Å²) >= 11 is 6.25. The van der Waals surface area contributed by atoms with Crippen molar-refractivity contribution in [2.75, 3.05) is 18.9 Å². The number of imidazole rings is 1. The van der Waals surface area contributed by atoms with Gasteiger partial charge in [0.1, 0.15) is 24.7 Å². The van der Waals surface area contributed by atoms with Gasteiger partial charge in [-0.2, -0.15) is 0 Å². The van der Waals surface area contributed by atoms with Crippen molar-refractivity contribution in [2.24, 2.45) is 0 Å². The highest BCUT2D eigenvalue weighted by atomic mass is 35.5. The molecule has 1 aromatic carbocycles. The molecule has 5 nitrogen and oxygen atoms in total. The number of rotatable bonds is 2. The Morgan fingerprint density at radius 2 is 2.05 bits per heavy atom. The summed E-state index contributed by atoms with van der Waals surface area (Å²) in [4.78, 5) is 4.42. The molecule has 1 aliphatic carbocycles. The SMILES string of the molecule is Nc1c(-c2cc(Cl)c3c(c2)OCCO3)ncn1C1CC1. The summed E-state index contributed by atoms with van der Waals surface area (Å²) < 4.78 is 13.1. The molecule has 0 radical (unpaired) electrons. The average Bonchev–Trinajstić information content (AvgIpc) is 3.22. The van der Waals surface area contributed by atoms with E-state index in [1.54, 1.807) is 6.33 Å². The first kappa shape index (κ1) is 11.9. The summed E-state index contributed by atoms with van der Waals surface area (Å²) in [7, 11) is 0. The second-order valence-corrected chi connectivity index (χ2v) is 5.51. The average molecular weight is 292 g/mol. The number of halogens is 1. The first-order chi connectivity index (χ1) is 9.74. The van der Waals surface area contributed by atoms with E-state index in [9.17, 15) is 0 Å². The number of ether oxygens (including phenoxy) is 2. The summed E-state index contributed by atoms with van der Waals surface area (Å²) in [5.74, 6) is 1.93.